The fourth-order valence-electron chi connectivity index (χ4n) is 1.82. The largest absolute Gasteiger partial charge is 0.292 e. The van der Waals surface area contributed by atoms with E-state index in [0.717, 1.165) is 0 Å². The molecule has 0 fully saturated rings. The molecule has 5 nitrogen and oxygen atoms in total. The van der Waals surface area contributed by atoms with Gasteiger partial charge in [-0.2, -0.15) is 10.5 Å². The Morgan fingerprint density at radius 1 is 1.18 bits per heavy atom. The third-order valence-corrected chi connectivity index (χ3v) is 2.66. The van der Waals surface area contributed by atoms with Crippen LogP contribution in [0.15, 0.2) is 34.4 Å². The first-order chi connectivity index (χ1) is 8.15. The molecule has 0 atom stereocenters. The van der Waals surface area contributed by atoms with E-state index in [-0.39, 0.29) is 24.3 Å². The first-order valence-electron chi connectivity index (χ1n) is 4.93. The summed E-state index contributed by atoms with van der Waals surface area (Å²) in [6.45, 7) is 0. The Kier molecular flexibility index (Phi) is 2.60. The highest BCUT2D eigenvalue weighted by Crippen LogP contribution is 2.29. The fourth-order valence-corrected chi connectivity index (χ4v) is 1.82. The lowest BCUT2D eigenvalue weighted by molar-refractivity contribution is -0.129. The van der Waals surface area contributed by atoms with Gasteiger partial charge in [0.25, 0.3) is 5.91 Å². The summed E-state index contributed by atoms with van der Waals surface area (Å²) in [7, 11) is 0. The molecule has 1 N–H and O–H groups in total. The van der Waals surface area contributed by atoms with Crippen molar-refractivity contribution in [1.29, 1.82) is 10.5 Å². The first-order valence-corrected chi connectivity index (χ1v) is 4.93. The Morgan fingerprint density at radius 2 is 1.88 bits per heavy atom. The molecule has 0 saturated heterocycles. The zero-order chi connectivity index (χ0) is 12.4. The van der Waals surface area contributed by atoms with Crippen LogP contribution in [0.5, 0.6) is 0 Å². The first kappa shape index (κ1) is 10.8. The van der Waals surface area contributed by atoms with Crippen LogP contribution in [0, 0.1) is 22.7 Å². The van der Waals surface area contributed by atoms with E-state index in [2.05, 4.69) is 5.32 Å². The Morgan fingerprint density at radius 3 is 2.53 bits per heavy atom. The maximum atomic E-state index is 11.6. The third-order valence-electron chi connectivity index (χ3n) is 2.66. The van der Waals surface area contributed by atoms with Crippen molar-refractivity contribution in [2.24, 2.45) is 0 Å². The standard InChI is InChI=1S/C12H7N3O2/c13-5-9(6-14)7-1-2-8-4-11(16)15-12(17)10(8)3-7/h1-2H,3-4H2,(H,15,16,17). The van der Waals surface area contributed by atoms with Gasteiger partial charge in [0.1, 0.15) is 17.7 Å². The highest BCUT2D eigenvalue weighted by Gasteiger charge is 2.27. The lowest BCUT2D eigenvalue weighted by Gasteiger charge is -2.21. The molecule has 0 saturated carbocycles. The number of allylic oxidation sites excluding steroid dienone is 4. The summed E-state index contributed by atoms with van der Waals surface area (Å²) in [6, 6.07) is 3.57. The van der Waals surface area contributed by atoms with Crippen molar-refractivity contribution < 1.29 is 9.59 Å². The summed E-state index contributed by atoms with van der Waals surface area (Å²) in [6.07, 6.45) is 3.63. The third kappa shape index (κ3) is 1.86. The second kappa shape index (κ2) is 4.07. The molecule has 0 bridgehead atoms. The molecule has 2 aliphatic rings. The average Bonchev–Trinajstić information content (AvgIpc) is 2.31. The van der Waals surface area contributed by atoms with Crippen LogP contribution in [-0.2, 0) is 9.59 Å². The average molecular weight is 225 g/mol. The summed E-state index contributed by atoms with van der Waals surface area (Å²) < 4.78 is 0. The van der Waals surface area contributed by atoms with Gasteiger partial charge < -0.3 is 0 Å². The predicted octanol–water partition coefficient (Wildman–Crippen LogP) is 0.633. The fraction of sp³-hybridized carbons (Fsp3) is 0.167. The van der Waals surface area contributed by atoms with Crippen molar-refractivity contribution >= 4 is 11.8 Å². The molecule has 17 heavy (non-hydrogen) atoms. The number of nitrogens with zero attached hydrogens (tertiary/aromatic N) is 2. The van der Waals surface area contributed by atoms with Crippen molar-refractivity contribution in [3.05, 3.63) is 34.4 Å². The molecule has 1 aliphatic heterocycles. The SMILES string of the molecule is N#CC(C#N)=C1C=CC2=C(C1)C(=O)NC(=O)C2. The molecule has 2 rings (SSSR count). The molecular formula is C12H7N3O2. The molecule has 0 aromatic rings. The minimum Gasteiger partial charge on any atom is -0.292 e. The Bertz CT molecular complexity index is 578. The van der Waals surface area contributed by atoms with E-state index in [1.54, 1.807) is 24.3 Å². The number of amides is 2. The van der Waals surface area contributed by atoms with Crippen molar-refractivity contribution in [3.63, 3.8) is 0 Å². The minimum absolute atomic E-state index is 0.00231. The number of nitriles is 2. The van der Waals surface area contributed by atoms with Crippen molar-refractivity contribution in [2.45, 2.75) is 12.8 Å². The summed E-state index contributed by atoms with van der Waals surface area (Å²) in [5.41, 5.74) is 1.64. The van der Waals surface area contributed by atoms with E-state index in [9.17, 15) is 9.59 Å². The summed E-state index contributed by atoms with van der Waals surface area (Å²) in [4.78, 5) is 22.7. The van der Waals surface area contributed by atoms with Crippen LogP contribution < -0.4 is 5.32 Å². The summed E-state index contributed by atoms with van der Waals surface area (Å²) >= 11 is 0. The maximum absolute atomic E-state index is 11.6. The van der Waals surface area contributed by atoms with E-state index < -0.39 is 5.91 Å². The van der Waals surface area contributed by atoms with Gasteiger partial charge in [-0.3, -0.25) is 14.9 Å². The van der Waals surface area contributed by atoms with Crippen LogP contribution in [0.4, 0.5) is 0 Å². The van der Waals surface area contributed by atoms with Crippen molar-refractivity contribution in [1.82, 2.24) is 5.32 Å². The molecule has 0 unspecified atom stereocenters. The van der Waals surface area contributed by atoms with Gasteiger partial charge in [-0.25, -0.2) is 0 Å². The zero-order valence-electron chi connectivity index (χ0n) is 8.78. The molecule has 0 aromatic heterocycles. The minimum atomic E-state index is -0.437. The number of hydrogen-bond acceptors (Lipinski definition) is 4. The molecule has 2 amide bonds. The van der Waals surface area contributed by atoms with Crippen molar-refractivity contribution in [2.75, 3.05) is 0 Å². The second-order valence-corrected chi connectivity index (χ2v) is 3.69. The van der Waals surface area contributed by atoms with Crippen LogP contribution >= 0.6 is 0 Å². The van der Waals surface area contributed by atoms with E-state index in [4.69, 9.17) is 10.5 Å². The van der Waals surface area contributed by atoms with Crippen molar-refractivity contribution in [3.8, 4) is 12.1 Å². The smallest absolute Gasteiger partial charge is 0.254 e. The van der Waals surface area contributed by atoms with Gasteiger partial charge in [0.2, 0.25) is 5.91 Å². The Balaban J connectivity index is 2.42. The molecule has 1 heterocycles. The zero-order valence-corrected chi connectivity index (χ0v) is 8.78. The summed E-state index contributed by atoms with van der Waals surface area (Å²) in [5.74, 6) is -0.764. The number of carbonyl (C=O) groups is 2. The second-order valence-electron chi connectivity index (χ2n) is 3.69. The highest BCUT2D eigenvalue weighted by molar-refractivity contribution is 6.09. The molecule has 1 aliphatic carbocycles. The van der Waals surface area contributed by atoms with E-state index in [1.807, 2.05) is 0 Å². The summed E-state index contributed by atoms with van der Waals surface area (Å²) in [5, 5.41) is 19.7. The quantitative estimate of drug-likeness (QED) is 0.483. The number of carbonyl (C=O) groups excluding carboxylic acids is 2. The lowest BCUT2D eigenvalue weighted by Crippen LogP contribution is -2.37. The number of hydrogen-bond donors (Lipinski definition) is 1. The van der Waals surface area contributed by atoms with E-state index in [1.165, 1.54) is 0 Å². The van der Waals surface area contributed by atoms with E-state index in [0.29, 0.717) is 16.7 Å². The van der Waals surface area contributed by atoms with Gasteiger partial charge in [0.05, 0.1) is 6.42 Å². The van der Waals surface area contributed by atoms with Crippen LogP contribution in [-0.4, -0.2) is 11.8 Å². The molecule has 0 radical (unpaired) electrons. The van der Waals surface area contributed by atoms with Gasteiger partial charge in [-0.1, -0.05) is 12.2 Å². The van der Waals surface area contributed by atoms with Gasteiger partial charge >= 0.3 is 0 Å². The van der Waals surface area contributed by atoms with Crippen LogP contribution in [0.2, 0.25) is 0 Å². The van der Waals surface area contributed by atoms with Gasteiger partial charge in [0.15, 0.2) is 0 Å². The Hall–Kier alpha value is -2.66. The number of rotatable bonds is 0. The molecule has 5 heteroatoms. The van der Waals surface area contributed by atoms with Gasteiger partial charge in [0, 0.05) is 12.0 Å². The molecule has 0 aromatic carbocycles. The van der Waals surface area contributed by atoms with Crippen LogP contribution in [0.25, 0.3) is 0 Å². The topological polar surface area (TPSA) is 93.8 Å². The van der Waals surface area contributed by atoms with Crippen LogP contribution in [0.1, 0.15) is 12.8 Å². The highest BCUT2D eigenvalue weighted by atomic mass is 16.2. The molecule has 82 valence electrons. The monoisotopic (exact) mass is 225 g/mol. The van der Waals surface area contributed by atoms with Gasteiger partial charge in [-0.15, -0.1) is 0 Å². The predicted molar refractivity (Wildman–Crippen MR) is 56.8 cm³/mol. The molecular weight excluding hydrogens is 218 g/mol. The number of imide groups is 1. The van der Waals surface area contributed by atoms with Crippen LogP contribution in [0.3, 0.4) is 0 Å². The maximum Gasteiger partial charge on any atom is 0.254 e. The van der Waals surface area contributed by atoms with E-state index >= 15 is 0 Å². The molecule has 0 spiro atoms. The normalized spacial score (nSPS) is 18.1. The Labute approximate surface area is 97.3 Å². The number of nitrogens with one attached hydrogen (secondary N) is 1. The van der Waals surface area contributed by atoms with Gasteiger partial charge in [-0.05, 0) is 11.1 Å². The lowest BCUT2D eigenvalue weighted by atomic mass is 9.87.